The number of hydrogen-bond donors (Lipinski definition) is 2. The summed E-state index contributed by atoms with van der Waals surface area (Å²) in [5, 5.41) is 11.8. The Morgan fingerprint density at radius 1 is 0.917 bits per heavy atom. The van der Waals surface area contributed by atoms with Crippen molar-refractivity contribution in [3.63, 3.8) is 0 Å². The molecule has 0 radical (unpaired) electrons. The second-order valence-corrected chi connectivity index (χ2v) is 9.17. The normalized spacial score (nSPS) is 11.4. The number of benzene rings is 1. The van der Waals surface area contributed by atoms with Crippen LogP contribution in [0.1, 0.15) is 90.0 Å². The third-order valence-electron chi connectivity index (χ3n) is 5.93. The van der Waals surface area contributed by atoms with E-state index in [2.05, 4.69) is 24.4 Å². The fraction of sp³-hybridized carbons (Fsp3) is 0.714. The van der Waals surface area contributed by atoms with Gasteiger partial charge >= 0.3 is 5.97 Å². The first kappa shape index (κ1) is 34.0. The van der Waals surface area contributed by atoms with Crippen molar-refractivity contribution in [2.45, 2.75) is 90.9 Å². The Morgan fingerprint density at radius 2 is 1.64 bits per heavy atom. The van der Waals surface area contributed by atoms with Crippen molar-refractivity contribution in [1.82, 2.24) is 5.32 Å². The Bertz CT molecular complexity index is 715. The minimum Gasteiger partial charge on any atom is -0.490 e. The van der Waals surface area contributed by atoms with E-state index < -0.39 is 5.97 Å². The van der Waals surface area contributed by atoms with Crippen LogP contribution in [-0.4, -0.2) is 50.5 Å². The highest BCUT2D eigenvalue weighted by Crippen LogP contribution is 2.30. The fourth-order valence-electron chi connectivity index (χ4n) is 3.71. The lowest BCUT2D eigenvalue weighted by Gasteiger charge is -2.14. The van der Waals surface area contributed by atoms with Gasteiger partial charge in [0.15, 0.2) is 11.5 Å². The number of aryl methyl sites for hydroxylation is 1. The van der Waals surface area contributed by atoms with Gasteiger partial charge in [-0.25, -0.2) is 0 Å². The van der Waals surface area contributed by atoms with Crippen molar-refractivity contribution in [3.05, 3.63) is 23.8 Å². The molecular formula is C28H48ClNO6. The number of methoxy groups -OCH3 is 1. The lowest BCUT2D eigenvalue weighted by molar-refractivity contribution is -0.137. The molecule has 0 unspecified atom stereocenters. The lowest BCUT2D eigenvalue weighted by atomic mass is 10.00. The molecule has 1 aromatic carbocycles. The van der Waals surface area contributed by atoms with E-state index in [9.17, 15) is 9.59 Å². The second kappa shape index (κ2) is 22.2. The van der Waals surface area contributed by atoms with Crippen molar-refractivity contribution in [1.29, 1.82) is 0 Å². The van der Waals surface area contributed by atoms with Crippen LogP contribution in [-0.2, 0) is 20.7 Å². The van der Waals surface area contributed by atoms with Crippen molar-refractivity contribution >= 4 is 24.3 Å². The minimum atomic E-state index is -0.779. The van der Waals surface area contributed by atoms with Gasteiger partial charge in [-0.15, -0.1) is 12.4 Å². The van der Waals surface area contributed by atoms with E-state index in [1.54, 1.807) is 7.11 Å². The monoisotopic (exact) mass is 529 g/mol. The second-order valence-electron chi connectivity index (χ2n) is 9.17. The Labute approximate surface area is 224 Å². The molecule has 0 aliphatic carbocycles. The molecule has 1 aromatic rings. The maximum Gasteiger partial charge on any atom is 0.303 e. The predicted octanol–water partition coefficient (Wildman–Crippen LogP) is 6.20. The van der Waals surface area contributed by atoms with Gasteiger partial charge in [-0.1, -0.05) is 45.6 Å². The minimum absolute atomic E-state index is 0. The molecule has 36 heavy (non-hydrogen) atoms. The number of nitrogens with one attached hydrogen (secondary N) is 1. The molecule has 208 valence electrons. The summed E-state index contributed by atoms with van der Waals surface area (Å²) in [6.07, 6.45) is 10.7. The van der Waals surface area contributed by atoms with Crippen molar-refractivity contribution < 1.29 is 28.9 Å². The van der Waals surface area contributed by atoms with Crippen LogP contribution in [0, 0.1) is 5.92 Å². The van der Waals surface area contributed by atoms with Crippen molar-refractivity contribution in [2.75, 3.05) is 33.5 Å². The third kappa shape index (κ3) is 16.6. The molecule has 0 spiro atoms. The standard InChI is InChI=1S/C28H47NO6.ClH/c1-4-5-18-29-28(32)23(2)13-8-6-7-9-14-24-16-17-25(34-20-11-10-15-27(30)31)26(22-24)35-21-12-19-33-3;/h16-17,22-23H,4-15,18-21H2,1-3H3,(H,29,32)(H,30,31);1H/t23-;/m1./s1. The summed E-state index contributed by atoms with van der Waals surface area (Å²) in [6, 6.07) is 6.09. The van der Waals surface area contributed by atoms with Crippen LogP contribution in [0.15, 0.2) is 18.2 Å². The van der Waals surface area contributed by atoms with Crippen molar-refractivity contribution in [3.8, 4) is 11.5 Å². The zero-order chi connectivity index (χ0) is 25.7. The highest BCUT2D eigenvalue weighted by Gasteiger charge is 2.12. The zero-order valence-corrected chi connectivity index (χ0v) is 23.3. The number of carbonyl (C=O) groups excluding carboxylic acids is 1. The largest absolute Gasteiger partial charge is 0.490 e. The number of unbranched alkanes of at least 4 members (excludes halogenated alkanes) is 5. The molecule has 2 N–H and O–H groups in total. The number of carbonyl (C=O) groups is 2. The highest BCUT2D eigenvalue weighted by atomic mass is 35.5. The number of amides is 1. The molecule has 1 atom stereocenters. The molecule has 0 aliphatic heterocycles. The Hall–Kier alpha value is -1.99. The predicted molar refractivity (Wildman–Crippen MR) is 147 cm³/mol. The smallest absolute Gasteiger partial charge is 0.303 e. The van der Waals surface area contributed by atoms with E-state index >= 15 is 0 Å². The number of halogens is 1. The molecule has 0 fully saturated rings. The van der Waals surface area contributed by atoms with E-state index in [0.717, 1.165) is 70.1 Å². The molecule has 0 saturated carbocycles. The topological polar surface area (TPSA) is 94.1 Å². The summed E-state index contributed by atoms with van der Waals surface area (Å²) in [5.74, 6) is 0.924. The Morgan fingerprint density at radius 3 is 2.36 bits per heavy atom. The van der Waals surface area contributed by atoms with E-state index in [0.29, 0.717) is 38.4 Å². The Balaban J connectivity index is 0.0000122. The van der Waals surface area contributed by atoms with Crippen LogP contribution < -0.4 is 14.8 Å². The highest BCUT2D eigenvalue weighted by molar-refractivity contribution is 5.85. The van der Waals surface area contributed by atoms with Crippen LogP contribution in [0.25, 0.3) is 0 Å². The number of rotatable bonds is 22. The molecule has 0 bridgehead atoms. The van der Waals surface area contributed by atoms with E-state index in [4.69, 9.17) is 19.3 Å². The zero-order valence-electron chi connectivity index (χ0n) is 22.5. The fourth-order valence-corrected chi connectivity index (χ4v) is 3.71. The van der Waals surface area contributed by atoms with Gasteiger partial charge in [0.25, 0.3) is 0 Å². The number of hydrogen-bond acceptors (Lipinski definition) is 5. The van der Waals surface area contributed by atoms with Crippen LogP contribution >= 0.6 is 12.4 Å². The van der Waals surface area contributed by atoms with E-state index in [-0.39, 0.29) is 30.7 Å². The van der Waals surface area contributed by atoms with Gasteiger partial charge in [0, 0.05) is 39.0 Å². The van der Waals surface area contributed by atoms with Crippen LogP contribution in [0.5, 0.6) is 11.5 Å². The van der Waals surface area contributed by atoms with Gasteiger partial charge in [0.2, 0.25) is 5.91 Å². The van der Waals surface area contributed by atoms with Gasteiger partial charge in [0.1, 0.15) is 0 Å². The number of carboxylic acid groups (broad SMARTS) is 1. The van der Waals surface area contributed by atoms with Crippen molar-refractivity contribution in [2.24, 2.45) is 5.92 Å². The first-order chi connectivity index (χ1) is 17.0. The number of ether oxygens (including phenoxy) is 3. The molecule has 8 heteroatoms. The van der Waals surface area contributed by atoms with Gasteiger partial charge < -0.3 is 24.6 Å². The summed E-state index contributed by atoms with van der Waals surface area (Å²) >= 11 is 0. The van der Waals surface area contributed by atoms with Crippen LogP contribution in [0.2, 0.25) is 0 Å². The molecule has 0 aliphatic rings. The van der Waals surface area contributed by atoms with Gasteiger partial charge in [-0.3, -0.25) is 9.59 Å². The maximum absolute atomic E-state index is 12.1. The quantitative estimate of drug-likeness (QED) is 0.174. The first-order valence-corrected chi connectivity index (χ1v) is 13.3. The first-order valence-electron chi connectivity index (χ1n) is 13.3. The van der Waals surface area contributed by atoms with Gasteiger partial charge in [-0.05, 0) is 56.2 Å². The Kier molecular flexibility index (Phi) is 21.0. The molecule has 1 rings (SSSR count). The van der Waals surface area contributed by atoms with E-state index in [1.165, 1.54) is 5.56 Å². The average molecular weight is 530 g/mol. The maximum atomic E-state index is 12.1. The summed E-state index contributed by atoms with van der Waals surface area (Å²) in [7, 11) is 1.68. The van der Waals surface area contributed by atoms with Crippen LogP contribution in [0.3, 0.4) is 0 Å². The number of carboxylic acids is 1. The summed E-state index contributed by atoms with van der Waals surface area (Å²) in [4.78, 5) is 22.7. The number of aliphatic carboxylic acids is 1. The molecular weight excluding hydrogens is 482 g/mol. The van der Waals surface area contributed by atoms with Gasteiger partial charge in [0.05, 0.1) is 13.2 Å². The molecule has 0 heterocycles. The SMILES string of the molecule is CCCCNC(=O)[C@H](C)CCCCCCc1ccc(OCCCCC(=O)O)c(OCCCOC)c1.Cl. The van der Waals surface area contributed by atoms with Gasteiger partial charge in [-0.2, -0.15) is 0 Å². The summed E-state index contributed by atoms with van der Waals surface area (Å²) in [6.45, 7) is 6.59. The van der Waals surface area contributed by atoms with Crippen LogP contribution in [0.4, 0.5) is 0 Å². The lowest BCUT2D eigenvalue weighted by Crippen LogP contribution is -2.29. The summed E-state index contributed by atoms with van der Waals surface area (Å²) in [5.41, 5.74) is 1.22. The molecule has 0 aromatic heterocycles. The average Bonchev–Trinajstić information content (AvgIpc) is 2.84. The van der Waals surface area contributed by atoms with E-state index in [1.807, 2.05) is 13.0 Å². The molecule has 7 nitrogen and oxygen atoms in total. The summed E-state index contributed by atoms with van der Waals surface area (Å²) < 4.78 is 16.9. The molecule has 0 saturated heterocycles. The third-order valence-corrected chi connectivity index (χ3v) is 5.93. The molecule has 1 amide bonds.